The fraction of sp³-hybridized carbons (Fsp3) is 0.0435. The Hall–Kier alpha value is -3.97. The van der Waals surface area contributed by atoms with E-state index < -0.39 is 22.7 Å². The van der Waals surface area contributed by atoms with Crippen molar-refractivity contribution in [3.05, 3.63) is 111 Å². The number of Topliss-reactive ketones (excluding diaryl/α,β-unsaturated/α-hetero) is 1. The second-order valence-corrected chi connectivity index (χ2v) is 7.30. The van der Waals surface area contributed by atoms with Gasteiger partial charge in [0.15, 0.2) is 0 Å². The van der Waals surface area contributed by atoms with Crippen molar-refractivity contribution in [2.24, 2.45) is 0 Å². The van der Waals surface area contributed by atoms with Gasteiger partial charge in [0.25, 0.3) is 17.4 Å². The van der Waals surface area contributed by atoms with Crippen molar-refractivity contribution in [2.75, 3.05) is 4.90 Å². The van der Waals surface area contributed by atoms with Gasteiger partial charge in [-0.05, 0) is 54.1 Å². The maximum atomic E-state index is 13.0. The van der Waals surface area contributed by atoms with Crippen LogP contribution in [0.4, 0.5) is 11.4 Å². The topological polar surface area (TPSA) is 101 Å². The van der Waals surface area contributed by atoms with Gasteiger partial charge in [-0.1, -0.05) is 29.8 Å². The van der Waals surface area contributed by atoms with Crippen LogP contribution in [0.5, 0.6) is 0 Å². The molecule has 0 aliphatic carbocycles. The van der Waals surface area contributed by atoms with Gasteiger partial charge in [-0.15, -0.1) is 0 Å². The number of aliphatic hydroxyl groups is 1. The molecule has 0 radical (unpaired) electrons. The fourth-order valence-corrected chi connectivity index (χ4v) is 3.67. The molecule has 1 atom stereocenters. The van der Waals surface area contributed by atoms with Crippen molar-refractivity contribution in [3.8, 4) is 0 Å². The van der Waals surface area contributed by atoms with E-state index in [1.54, 1.807) is 54.6 Å². The maximum Gasteiger partial charge on any atom is 0.300 e. The van der Waals surface area contributed by atoms with Gasteiger partial charge in [0.2, 0.25) is 0 Å². The quantitative estimate of drug-likeness (QED) is 0.207. The summed E-state index contributed by atoms with van der Waals surface area (Å²) in [4.78, 5) is 37.7. The van der Waals surface area contributed by atoms with Crippen LogP contribution in [0.2, 0.25) is 5.02 Å². The molecule has 1 amide bonds. The van der Waals surface area contributed by atoms with Gasteiger partial charge in [0.05, 0.1) is 16.5 Å². The number of para-hydroxylation sites is 1. The smallest absolute Gasteiger partial charge is 0.300 e. The minimum absolute atomic E-state index is 0.106. The highest BCUT2D eigenvalue weighted by Gasteiger charge is 2.47. The number of aliphatic hydroxyl groups excluding tert-OH is 1. The van der Waals surface area contributed by atoms with Crippen LogP contribution >= 0.6 is 11.6 Å². The van der Waals surface area contributed by atoms with Gasteiger partial charge in [-0.25, -0.2) is 0 Å². The van der Waals surface area contributed by atoms with Crippen LogP contribution in [0.15, 0.2) is 84.4 Å². The van der Waals surface area contributed by atoms with Gasteiger partial charge in [-0.3, -0.25) is 24.6 Å². The minimum Gasteiger partial charge on any atom is -0.507 e. The number of nitro benzene ring substituents is 1. The summed E-state index contributed by atoms with van der Waals surface area (Å²) in [6, 6.07) is 19.3. The highest BCUT2D eigenvalue weighted by atomic mass is 35.5. The summed E-state index contributed by atoms with van der Waals surface area (Å²) in [6.07, 6.45) is 0. The molecule has 154 valence electrons. The Kier molecular flexibility index (Phi) is 5.27. The predicted octanol–water partition coefficient (Wildman–Crippen LogP) is 4.87. The zero-order valence-corrected chi connectivity index (χ0v) is 16.7. The lowest BCUT2D eigenvalue weighted by molar-refractivity contribution is -0.384. The lowest BCUT2D eigenvalue weighted by Gasteiger charge is -2.25. The number of non-ortho nitro benzene ring substituents is 1. The van der Waals surface area contributed by atoms with Crippen molar-refractivity contribution in [1.82, 2.24) is 0 Å². The molecule has 8 heteroatoms. The van der Waals surface area contributed by atoms with Crippen LogP contribution in [0.25, 0.3) is 5.76 Å². The van der Waals surface area contributed by atoms with Crippen LogP contribution in [0, 0.1) is 10.1 Å². The molecule has 1 unspecified atom stereocenters. The van der Waals surface area contributed by atoms with Crippen LogP contribution in [0.1, 0.15) is 17.2 Å². The molecule has 3 aromatic rings. The van der Waals surface area contributed by atoms with Crippen molar-refractivity contribution < 1.29 is 19.6 Å². The Balaban J connectivity index is 1.92. The van der Waals surface area contributed by atoms with Crippen LogP contribution in [-0.4, -0.2) is 21.7 Å². The van der Waals surface area contributed by atoms with E-state index in [0.717, 1.165) is 0 Å². The second-order valence-electron chi connectivity index (χ2n) is 6.86. The van der Waals surface area contributed by atoms with Crippen molar-refractivity contribution in [1.29, 1.82) is 0 Å². The molecule has 0 bridgehead atoms. The highest BCUT2D eigenvalue weighted by molar-refractivity contribution is 6.51. The third-order valence-corrected chi connectivity index (χ3v) is 5.27. The predicted molar refractivity (Wildman–Crippen MR) is 116 cm³/mol. The van der Waals surface area contributed by atoms with Crippen LogP contribution < -0.4 is 4.90 Å². The molecule has 4 rings (SSSR count). The Morgan fingerprint density at radius 1 is 0.935 bits per heavy atom. The summed E-state index contributed by atoms with van der Waals surface area (Å²) < 4.78 is 0. The fourth-order valence-electron chi connectivity index (χ4n) is 3.54. The van der Waals surface area contributed by atoms with E-state index in [-0.39, 0.29) is 17.0 Å². The lowest BCUT2D eigenvalue weighted by atomic mass is 9.95. The number of anilines is 1. The SMILES string of the molecule is O=C1C(=O)N(c2ccccc2)C(c2ccc([N+](=O)[O-])cc2)/C1=C(\O)c1ccc(Cl)cc1. The first kappa shape index (κ1) is 20.3. The molecule has 1 heterocycles. The number of amides is 1. The molecule has 1 fully saturated rings. The average Bonchev–Trinajstić information content (AvgIpc) is 3.05. The zero-order valence-electron chi connectivity index (χ0n) is 15.9. The molecule has 0 saturated carbocycles. The summed E-state index contributed by atoms with van der Waals surface area (Å²) >= 11 is 5.91. The van der Waals surface area contributed by atoms with Crippen LogP contribution in [-0.2, 0) is 9.59 Å². The van der Waals surface area contributed by atoms with E-state index in [1.807, 2.05) is 0 Å². The number of hydrogen-bond acceptors (Lipinski definition) is 5. The van der Waals surface area contributed by atoms with E-state index in [2.05, 4.69) is 0 Å². The number of halogens is 1. The first-order chi connectivity index (χ1) is 14.9. The lowest BCUT2D eigenvalue weighted by Crippen LogP contribution is -2.29. The Labute approximate surface area is 182 Å². The summed E-state index contributed by atoms with van der Waals surface area (Å²) in [5.41, 5.74) is 0.998. The van der Waals surface area contributed by atoms with E-state index in [9.17, 15) is 24.8 Å². The molecule has 0 aromatic heterocycles. The Morgan fingerprint density at radius 3 is 2.13 bits per heavy atom. The average molecular weight is 435 g/mol. The molecule has 0 spiro atoms. The first-order valence-electron chi connectivity index (χ1n) is 9.25. The molecular weight excluding hydrogens is 420 g/mol. The third-order valence-electron chi connectivity index (χ3n) is 5.02. The van der Waals surface area contributed by atoms with Gasteiger partial charge in [0.1, 0.15) is 5.76 Å². The molecule has 7 nitrogen and oxygen atoms in total. The van der Waals surface area contributed by atoms with Crippen molar-refractivity contribution >= 4 is 40.4 Å². The Bertz CT molecular complexity index is 1200. The maximum absolute atomic E-state index is 13.0. The van der Waals surface area contributed by atoms with E-state index in [4.69, 9.17) is 11.6 Å². The number of nitro groups is 1. The molecule has 1 N–H and O–H groups in total. The summed E-state index contributed by atoms with van der Waals surface area (Å²) in [5, 5.41) is 22.5. The summed E-state index contributed by atoms with van der Waals surface area (Å²) in [5.74, 6) is -2.00. The molecule has 1 saturated heterocycles. The van der Waals surface area contributed by atoms with E-state index >= 15 is 0 Å². The monoisotopic (exact) mass is 434 g/mol. The molecule has 1 aliphatic rings. The van der Waals surface area contributed by atoms with E-state index in [1.165, 1.54) is 29.2 Å². The van der Waals surface area contributed by atoms with Gasteiger partial charge in [0, 0.05) is 28.4 Å². The largest absolute Gasteiger partial charge is 0.507 e. The zero-order chi connectivity index (χ0) is 22.1. The molecule has 31 heavy (non-hydrogen) atoms. The van der Waals surface area contributed by atoms with E-state index in [0.29, 0.717) is 21.8 Å². The van der Waals surface area contributed by atoms with Gasteiger partial charge in [-0.2, -0.15) is 0 Å². The van der Waals surface area contributed by atoms with Gasteiger partial charge >= 0.3 is 0 Å². The van der Waals surface area contributed by atoms with Gasteiger partial charge < -0.3 is 5.11 Å². The molecule has 1 aliphatic heterocycles. The standard InChI is InChI=1S/C23H15ClN2O5/c24-16-10-6-15(7-11-16)21(27)19-20(14-8-12-18(13-9-14)26(30)31)25(23(29)22(19)28)17-4-2-1-3-5-17/h1-13,20,27H/b21-19+. The number of ketones is 1. The first-order valence-corrected chi connectivity index (χ1v) is 9.62. The van der Waals surface area contributed by atoms with Crippen molar-refractivity contribution in [2.45, 2.75) is 6.04 Å². The summed E-state index contributed by atoms with van der Waals surface area (Å²) in [7, 11) is 0. The summed E-state index contributed by atoms with van der Waals surface area (Å²) in [6.45, 7) is 0. The highest BCUT2D eigenvalue weighted by Crippen LogP contribution is 2.42. The normalized spacial score (nSPS) is 17.7. The molecule has 3 aromatic carbocycles. The Morgan fingerprint density at radius 2 is 1.55 bits per heavy atom. The third kappa shape index (κ3) is 3.67. The minimum atomic E-state index is -0.959. The number of hydrogen-bond donors (Lipinski definition) is 1. The second kappa shape index (κ2) is 8.04. The van der Waals surface area contributed by atoms with Crippen molar-refractivity contribution in [3.63, 3.8) is 0 Å². The number of benzene rings is 3. The number of nitrogens with zero attached hydrogens (tertiary/aromatic N) is 2. The number of rotatable bonds is 4. The number of carbonyl (C=O) groups is 2. The number of carbonyl (C=O) groups excluding carboxylic acids is 2. The molecular formula is C23H15ClN2O5. The van der Waals surface area contributed by atoms with Crippen LogP contribution in [0.3, 0.4) is 0 Å².